The van der Waals surface area contributed by atoms with E-state index in [2.05, 4.69) is 66.9 Å². The molecule has 2 aromatic rings. The molecule has 0 amide bonds. The van der Waals surface area contributed by atoms with Crippen LogP contribution in [0, 0.1) is 0 Å². The Morgan fingerprint density at radius 3 is 1.78 bits per heavy atom. The number of hydrogen-bond acceptors (Lipinski definition) is 0. The van der Waals surface area contributed by atoms with Gasteiger partial charge in [-0.05, 0) is 23.3 Å². The molecule has 0 saturated heterocycles. The second kappa shape index (κ2) is 6.44. The lowest BCUT2D eigenvalue weighted by molar-refractivity contribution is 1.03. The molecule has 0 saturated carbocycles. The molecular weight excluding hydrogens is 216 g/mol. The van der Waals surface area contributed by atoms with Crippen molar-refractivity contribution < 1.29 is 0 Å². The third-order valence-corrected chi connectivity index (χ3v) is 2.79. The number of hydrogen-bond donors (Lipinski definition) is 0. The summed E-state index contributed by atoms with van der Waals surface area (Å²) in [5.74, 6) is 0.239. The monoisotopic (exact) mass is 232 g/mol. The Morgan fingerprint density at radius 1 is 0.833 bits per heavy atom. The highest BCUT2D eigenvalue weighted by Gasteiger charge is 2.09. The molecule has 2 aromatic carbocycles. The lowest BCUT2D eigenvalue weighted by Crippen LogP contribution is -1.96. The van der Waals surface area contributed by atoms with Crippen molar-refractivity contribution in [1.29, 1.82) is 0 Å². The molecule has 0 spiro atoms. The van der Waals surface area contributed by atoms with E-state index >= 15 is 0 Å². The smallest absolute Gasteiger partial charge is 0.0344 e. The first-order chi connectivity index (χ1) is 8.92. The molecular formula is C18H16. The molecule has 0 nitrogen and oxygen atoms in total. The van der Waals surface area contributed by atoms with Crippen LogP contribution >= 0.6 is 0 Å². The van der Waals surface area contributed by atoms with Crippen LogP contribution < -0.4 is 0 Å². The third-order valence-electron chi connectivity index (χ3n) is 2.79. The predicted octanol–water partition coefficient (Wildman–Crippen LogP) is 4.72. The van der Waals surface area contributed by atoms with Crippen LogP contribution in [0.5, 0.6) is 0 Å². The van der Waals surface area contributed by atoms with Gasteiger partial charge in [-0.25, -0.2) is 0 Å². The van der Waals surface area contributed by atoms with Crippen LogP contribution in [0.3, 0.4) is 0 Å². The Morgan fingerprint density at radius 2 is 1.33 bits per heavy atom. The molecule has 0 aromatic heterocycles. The largest absolute Gasteiger partial charge is 0.124 e. The van der Waals surface area contributed by atoms with E-state index in [0.717, 1.165) is 0 Å². The van der Waals surface area contributed by atoms with Crippen LogP contribution in [0.4, 0.5) is 0 Å². The molecule has 0 heteroatoms. The molecule has 0 N–H and O–H groups in total. The fourth-order valence-electron chi connectivity index (χ4n) is 1.93. The second-order valence-corrected chi connectivity index (χ2v) is 4.03. The molecule has 88 valence electrons. The Labute approximate surface area is 109 Å². The van der Waals surface area contributed by atoms with E-state index in [9.17, 15) is 0 Å². The Kier molecular flexibility index (Phi) is 4.35. The van der Waals surface area contributed by atoms with E-state index in [1.807, 2.05) is 18.2 Å². The maximum Gasteiger partial charge on any atom is 0.0344 e. The van der Waals surface area contributed by atoms with Gasteiger partial charge in [0.05, 0.1) is 0 Å². The summed E-state index contributed by atoms with van der Waals surface area (Å²) in [5, 5.41) is 0. The zero-order valence-electron chi connectivity index (χ0n) is 10.3. The van der Waals surface area contributed by atoms with Crippen LogP contribution in [0.1, 0.15) is 17.0 Å². The molecule has 2 rings (SSSR count). The van der Waals surface area contributed by atoms with Crippen molar-refractivity contribution in [2.24, 2.45) is 0 Å². The van der Waals surface area contributed by atoms with Crippen molar-refractivity contribution in [2.75, 3.05) is 0 Å². The normalized spacial score (nSPS) is 9.61. The van der Waals surface area contributed by atoms with Gasteiger partial charge in [0.15, 0.2) is 0 Å². The molecule has 0 radical (unpaired) electrons. The minimum atomic E-state index is 0.239. The quantitative estimate of drug-likeness (QED) is 0.528. The molecule has 0 unspecified atom stereocenters. The topological polar surface area (TPSA) is 0 Å². The summed E-state index contributed by atoms with van der Waals surface area (Å²) in [4.78, 5) is 0. The molecule has 0 fully saturated rings. The number of allylic oxidation sites excluding steroid dienone is 2. The Hall–Kier alpha value is -2.30. The summed E-state index contributed by atoms with van der Waals surface area (Å²) < 4.78 is 0. The van der Waals surface area contributed by atoms with Gasteiger partial charge in [0.1, 0.15) is 0 Å². The summed E-state index contributed by atoms with van der Waals surface area (Å²) in [7, 11) is 0. The van der Waals surface area contributed by atoms with Crippen LogP contribution in [-0.4, -0.2) is 0 Å². The van der Waals surface area contributed by atoms with Crippen LogP contribution in [0.15, 0.2) is 91.2 Å². The molecule has 0 atom stereocenters. The fourth-order valence-corrected chi connectivity index (χ4v) is 1.93. The van der Waals surface area contributed by atoms with Gasteiger partial charge in [-0.2, -0.15) is 0 Å². The third kappa shape index (κ3) is 3.10. The minimum absolute atomic E-state index is 0.239. The predicted molar refractivity (Wildman–Crippen MR) is 77.6 cm³/mol. The zero-order chi connectivity index (χ0) is 12.6. The van der Waals surface area contributed by atoms with Crippen molar-refractivity contribution >= 4 is 0 Å². The van der Waals surface area contributed by atoms with Crippen molar-refractivity contribution in [3.8, 4) is 0 Å². The van der Waals surface area contributed by atoms with Crippen LogP contribution in [-0.2, 0) is 0 Å². The van der Waals surface area contributed by atoms with E-state index in [1.165, 1.54) is 11.1 Å². The second-order valence-electron chi connectivity index (χ2n) is 4.03. The maximum atomic E-state index is 3.66. The summed E-state index contributed by atoms with van der Waals surface area (Å²) in [6.45, 7) is 3.66. The van der Waals surface area contributed by atoms with Gasteiger partial charge in [0, 0.05) is 5.92 Å². The van der Waals surface area contributed by atoms with Crippen molar-refractivity contribution in [2.45, 2.75) is 5.92 Å². The van der Waals surface area contributed by atoms with E-state index < -0.39 is 0 Å². The first kappa shape index (κ1) is 12.2. The highest BCUT2D eigenvalue weighted by Crippen LogP contribution is 2.25. The Bertz CT molecular complexity index is 504. The van der Waals surface area contributed by atoms with E-state index in [4.69, 9.17) is 0 Å². The molecule has 0 heterocycles. The van der Waals surface area contributed by atoms with Gasteiger partial charge < -0.3 is 0 Å². The van der Waals surface area contributed by atoms with Crippen molar-refractivity contribution in [3.63, 3.8) is 0 Å². The van der Waals surface area contributed by atoms with Gasteiger partial charge in [0.2, 0.25) is 0 Å². The van der Waals surface area contributed by atoms with E-state index in [0.29, 0.717) is 0 Å². The van der Waals surface area contributed by atoms with E-state index in [1.54, 1.807) is 6.08 Å². The highest BCUT2D eigenvalue weighted by atomic mass is 14.1. The van der Waals surface area contributed by atoms with Crippen molar-refractivity contribution in [1.82, 2.24) is 0 Å². The number of rotatable bonds is 4. The minimum Gasteiger partial charge on any atom is -0.124 e. The number of benzene rings is 2. The van der Waals surface area contributed by atoms with E-state index in [-0.39, 0.29) is 5.92 Å². The Balaban J connectivity index is 2.41. The molecule has 0 bridgehead atoms. The summed E-state index contributed by atoms with van der Waals surface area (Å²) in [6.07, 6.45) is 5.65. The van der Waals surface area contributed by atoms with Gasteiger partial charge in [0.25, 0.3) is 0 Å². The van der Waals surface area contributed by atoms with Gasteiger partial charge in [-0.3, -0.25) is 0 Å². The molecule has 0 aliphatic heterocycles. The molecule has 0 aliphatic carbocycles. The SMILES string of the molecule is C=CC=C=CC(c1ccccc1)c1ccccc1. The first-order valence-corrected chi connectivity index (χ1v) is 6.05. The standard InChI is InChI=1S/C18H16/c1-2-3-6-15-18(16-11-7-4-8-12-16)17-13-9-5-10-14-17/h2-5,7-15,18H,1H2. The fraction of sp³-hybridized carbons (Fsp3) is 0.0556. The van der Waals surface area contributed by atoms with Gasteiger partial charge in [-0.15, -0.1) is 5.73 Å². The van der Waals surface area contributed by atoms with Gasteiger partial charge in [-0.1, -0.05) is 73.3 Å². The molecule has 18 heavy (non-hydrogen) atoms. The lowest BCUT2D eigenvalue weighted by Gasteiger charge is -2.12. The van der Waals surface area contributed by atoms with Crippen LogP contribution in [0.25, 0.3) is 0 Å². The average molecular weight is 232 g/mol. The first-order valence-electron chi connectivity index (χ1n) is 6.05. The highest BCUT2D eigenvalue weighted by molar-refractivity contribution is 5.36. The summed E-state index contributed by atoms with van der Waals surface area (Å²) >= 11 is 0. The maximum absolute atomic E-state index is 3.66. The zero-order valence-corrected chi connectivity index (χ0v) is 10.3. The lowest BCUT2D eigenvalue weighted by atomic mass is 9.91. The van der Waals surface area contributed by atoms with Crippen LogP contribution in [0.2, 0.25) is 0 Å². The van der Waals surface area contributed by atoms with Crippen molar-refractivity contribution in [3.05, 3.63) is 102 Å². The summed E-state index contributed by atoms with van der Waals surface area (Å²) in [5.41, 5.74) is 5.71. The summed E-state index contributed by atoms with van der Waals surface area (Å²) in [6, 6.07) is 20.9. The average Bonchev–Trinajstić information content (AvgIpc) is 2.46. The van der Waals surface area contributed by atoms with Gasteiger partial charge >= 0.3 is 0 Å². The molecule has 0 aliphatic rings.